The third-order valence-corrected chi connectivity index (χ3v) is 3.70. The van der Waals surface area contributed by atoms with Crippen LogP contribution in [-0.2, 0) is 10.1 Å². The van der Waals surface area contributed by atoms with E-state index in [4.69, 9.17) is 9.47 Å². The first-order valence-corrected chi connectivity index (χ1v) is 7.94. The van der Waals surface area contributed by atoms with Crippen LogP contribution >= 0.6 is 0 Å². The van der Waals surface area contributed by atoms with Crippen LogP contribution in [0.2, 0.25) is 0 Å². The van der Waals surface area contributed by atoms with Crippen LogP contribution in [0, 0.1) is 0 Å². The SMILES string of the molecule is C=Cc1ccc(OCCOc2ccc(S(=O)(=O)[O-])cc2)cc1. The van der Waals surface area contributed by atoms with Gasteiger partial charge in [0.2, 0.25) is 0 Å². The summed E-state index contributed by atoms with van der Waals surface area (Å²) in [6.07, 6.45) is 1.75. The van der Waals surface area contributed by atoms with Crippen molar-refractivity contribution in [2.45, 2.75) is 4.90 Å². The summed E-state index contributed by atoms with van der Waals surface area (Å²) in [6, 6.07) is 12.8. The fourth-order valence-corrected chi connectivity index (χ4v) is 2.19. The number of hydrogen-bond donors (Lipinski definition) is 0. The molecular weight excluding hydrogens is 304 g/mol. The van der Waals surface area contributed by atoms with Gasteiger partial charge in [0.25, 0.3) is 0 Å². The molecule has 0 saturated heterocycles. The summed E-state index contributed by atoms with van der Waals surface area (Å²) in [5.41, 5.74) is 1.01. The molecule has 0 atom stereocenters. The summed E-state index contributed by atoms with van der Waals surface area (Å²) in [6.45, 7) is 4.31. The predicted molar refractivity (Wildman–Crippen MR) is 81.9 cm³/mol. The molecule has 0 N–H and O–H groups in total. The second-order valence-electron chi connectivity index (χ2n) is 4.40. The Hall–Kier alpha value is -2.31. The van der Waals surface area contributed by atoms with Crippen molar-refractivity contribution < 1.29 is 22.4 Å². The van der Waals surface area contributed by atoms with Gasteiger partial charge in [0.05, 0.1) is 4.90 Å². The first-order valence-electron chi connectivity index (χ1n) is 6.53. The zero-order valence-corrected chi connectivity index (χ0v) is 12.6. The van der Waals surface area contributed by atoms with Gasteiger partial charge < -0.3 is 14.0 Å². The predicted octanol–water partition coefficient (Wildman–Crippen LogP) is 2.69. The molecule has 0 aromatic heterocycles. The molecule has 5 nitrogen and oxygen atoms in total. The second kappa shape index (κ2) is 7.11. The highest BCUT2D eigenvalue weighted by molar-refractivity contribution is 7.85. The summed E-state index contributed by atoms with van der Waals surface area (Å²) in [7, 11) is -4.42. The lowest BCUT2D eigenvalue weighted by atomic mass is 10.2. The Bertz CT molecular complexity index is 718. The number of benzene rings is 2. The zero-order valence-electron chi connectivity index (χ0n) is 11.8. The first kappa shape index (κ1) is 16.1. The molecule has 0 aliphatic heterocycles. The zero-order chi connectivity index (χ0) is 16.0. The second-order valence-corrected chi connectivity index (χ2v) is 5.78. The molecule has 0 bridgehead atoms. The van der Waals surface area contributed by atoms with Crippen LogP contribution in [0.1, 0.15) is 5.56 Å². The van der Waals surface area contributed by atoms with Crippen molar-refractivity contribution >= 4 is 16.2 Å². The monoisotopic (exact) mass is 319 g/mol. The van der Waals surface area contributed by atoms with E-state index in [-0.39, 0.29) is 4.90 Å². The lowest BCUT2D eigenvalue weighted by molar-refractivity contribution is 0.217. The van der Waals surface area contributed by atoms with E-state index in [1.54, 1.807) is 6.08 Å². The number of rotatable bonds is 7. The fraction of sp³-hybridized carbons (Fsp3) is 0.125. The number of hydrogen-bond acceptors (Lipinski definition) is 5. The molecule has 0 aliphatic rings. The van der Waals surface area contributed by atoms with Crippen LogP contribution in [-0.4, -0.2) is 26.2 Å². The summed E-state index contributed by atoms with van der Waals surface area (Å²) in [5, 5.41) is 0. The van der Waals surface area contributed by atoms with Crippen LogP contribution in [0.3, 0.4) is 0 Å². The minimum atomic E-state index is -4.42. The van der Waals surface area contributed by atoms with Crippen molar-refractivity contribution in [3.05, 3.63) is 60.7 Å². The van der Waals surface area contributed by atoms with Crippen molar-refractivity contribution in [3.63, 3.8) is 0 Å². The molecule has 0 saturated carbocycles. The van der Waals surface area contributed by atoms with Crippen LogP contribution in [0.4, 0.5) is 0 Å². The maximum Gasteiger partial charge on any atom is 0.124 e. The van der Waals surface area contributed by atoms with Gasteiger partial charge in [-0.3, -0.25) is 0 Å². The highest BCUT2D eigenvalue weighted by atomic mass is 32.2. The third kappa shape index (κ3) is 4.61. The van der Waals surface area contributed by atoms with Gasteiger partial charge in [-0.15, -0.1) is 0 Å². The smallest absolute Gasteiger partial charge is 0.124 e. The molecule has 0 amide bonds. The van der Waals surface area contributed by atoms with Crippen LogP contribution in [0.25, 0.3) is 6.08 Å². The molecule has 0 aliphatic carbocycles. The maximum absolute atomic E-state index is 10.8. The average molecular weight is 319 g/mol. The van der Waals surface area contributed by atoms with E-state index in [9.17, 15) is 13.0 Å². The molecule has 0 fully saturated rings. The Balaban J connectivity index is 1.79. The van der Waals surface area contributed by atoms with Crippen molar-refractivity contribution in [1.29, 1.82) is 0 Å². The van der Waals surface area contributed by atoms with E-state index in [0.717, 1.165) is 11.3 Å². The molecule has 2 aromatic rings. The molecule has 6 heteroatoms. The highest BCUT2D eigenvalue weighted by Crippen LogP contribution is 2.16. The molecule has 0 spiro atoms. The molecule has 0 radical (unpaired) electrons. The van der Waals surface area contributed by atoms with E-state index in [0.29, 0.717) is 19.0 Å². The summed E-state index contributed by atoms with van der Waals surface area (Å²) in [4.78, 5) is -0.279. The standard InChI is InChI=1S/C16H16O5S/c1-2-13-3-5-14(6-4-13)20-11-12-21-15-7-9-16(10-8-15)22(17,18)19/h2-10H,1,11-12H2,(H,17,18,19)/p-1. The Kier molecular flexibility index (Phi) is 5.19. The van der Waals surface area contributed by atoms with Gasteiger partial charge in [0, 0.05) is 0 Å². The molecule has 22 heavy (non-hydrogen) atoms. The normalized spacial score (nSPS) is 11.0. The topological polar surface area (TPSA) is 75.7 Å². The third-order valence-electron chi connectivity index (χ3n) is 2.85. The van der Waals surface area contributed by atoms with E-state index in [2.05, 4.69) is 6.58 Å². The largest absolute Gasteiger partial charge is 0.744 e. The van der Waals surface area contributed by atoms with Gasteiger partial charge >= 0.3 is 0 Å². The van der Waals surface area contributed by atoms with E-state index < -0.39 is 10.1 Å². The first-order chi connectivity index (χ1) is 10.5. The maximum atomic E-state index is 10.8. The molecule has 0 unspecified atom stereocenters. The average Bonchev–Trinajstić information content (AvgIpc) is 2.52. The highest BCUT2D eigenvalue weighted by Gasteiger charge is 2.01. The molecule has 2 rings (SSSR count). The Morgan fingerprint density at radius 2 is 1.36 bits per heavy atom. The van der Waals surface area contributed by atoms with Gasteiger partial charge in [0.15, 0.2) is 0 Å². The Morgan fingerprint density at radius 1 is 0.909 bits per heavy atom. The molecule has 0 heterocycles. The quantitative estimate of drug-likeness (QED) is 0.579. The van der Waals surface area contributed by atoms with Gasteiger partial charge in [-0.05, 0) is 42.0 Å². The van der Waals surface area contributed by atoms with Crippen molar-refractivity contribution in [2.75, 3.05) is 13.2 Å². The van der Waals surface area contributed by atoms with Gasteiger partial charge in [-0.25, -0.2) is 8.42 Å². The van der Waals surface area contributed by atoms with E-state index >= 15 is 0 Å². The van der Waals surface area contributed by atoms with Crippen LogP contribution < -0.4 is 9.47 Å². The van der Waals surface area contributed by atoms with E-state index in [1.165, 1.54) is 24.3 Å². The molecule has 116 valence electrons. The van der Waals surface area contributed by atoms with Crippen molar-refractivity contribution in [2.24, 2.45) is 0 Å². The van der Waals surface area contributed by atoms with E-state index in [1.807, 2.05) is 24.3 Å². The summed E-state index contributed by atoms with van der Waals surface area (Å²) >= 11 is 0. The van der Waals surface area contributed by atoms with Crippen molar-refractivity contribution in [3.8, 4) is 11.5 Å². The van der Waals surface area contributed by atoms with Crippen molar-refractivity contribution in [1.82, 2.24) is 0 Å². The fourth-order valence-electron chi connectivity index (χ4n) is 1.72. The van der Waals surface area contributed by atoms with Gasteiger partial charge in [-0.1, -0.05) is 24.8 Å². The van der Waals surface area contributed by atoms with Gasteiger partial charge in [-0.2, -0.15) is 0 Å². The lowest BCUT2D eigenvalue weighted by Crippen LogP contribution is -2.09. The molecular formula is C16H15O5S-. The minimum absolute atomic E-state index is 0.279. The van der Waals surface area contributed by atoms with Crippen LogP contribution in [0.15, 0.2) is 60.0 Å². The van der Waals surface area contributed by atoms with Crippen LogP contribution in [0.5, 0.6) is 11.5 Å². The number of ether oxygens (including phenoxy) is 2. The Morgan fingerprint density at radius 3 is 1.77 bits per heavy atom. The lowest BCUT2D eigenvalue weighted by Gasteiger charge is -2.10. The van der Waals surface area contributed by atoms with Gasteiger partial charge in [0.1, 0.15) is 34.8 Å². The minimum Gasteiger partial charge on any atom is -0.744 e. The Labute approximate surface area is 129 Å². The summed E-state index contributed by atoms with van der Waals surface area (Å²) in [5.74, 6) is 1.19. The summed E-state index contributed by atoms with van der Waals surface area (Å²) < 4.78 is 43.3. The molecule has 2 aromatic carbocycles.